The monoisotopic (exact) mass is 310 g/mol. The number of carbonyl (C=O) groups excluding carboxylic acids is 1. The molecule has 2 aliphatic rings. The number of nitrogens with zero attached hydrogens (tertiary/aromatic N) is 2. The fourth-order valence-corrected chi connectivity index (χ4v) is 4.22. The van der Waals surface area contributed by atoms with E-state index >= 15 is 0 Å². The van der Waals surface area contributed by atoms with Crippen LogP contribution in [0.2, 0.25) is 0 Å². The van der Waals surface area contributed by atoms with Crippen molar-refractivity contribution in [2.75, 3.05) is 0 Å². The molecule has 0 bridgehead atoms. The number of allylic oxidation sites excluding steroid dienone is 1. The van der Waals surface area contributed by atoms with Gasteiger partial charge in [-0.15, -0.1) is 0 Å². The van der Waals surface area contributed by atoms with Crippen molar-refractivity contribution in [2.45, 2.75) is 32.6 Å². The first kappa shape index (κ1) is 14.4. The predicted molar refractivity (Wildman–Crippen MR) is 86.7 cm³/mol. The van der Waals surface area contributed by atoms with E-state index in [9.17, 15) is 9.18 Å². The molecular weight excluding hydrogens is 291 g/mol. The molecule has 0 saturated heterocycles. The standard InChI is InChI=1S/C19H19FN2O/c1-19-11-13-12-21-22(17-6-4-16(20)5-7-17)18(13)10-15(19)3-2-14(19)8-9-23/h4-7,9-10,12,14H,2-3,8,11H2,1H3/t14?,19-/m1/s1. The summed E-state index contributed by atoms with van der Waals surface area (Å²) in [4.78, 5) is 11.0. The molecule has 1 heterocycles. The minimum Gasteiger partial charge on any atom is -0.303 e. The number of fused-ring (bicyclic) bond motifs is 2. The van der Waals surface area contributed by atoms with Crippen LogP contribution in [-0.2, 0) is 11.2 Å². The Balaban J connectivity index is 1.76. The molecule has 23 heavy (non-hydrogen) atoms. The fourth-order valence-electron chi connectivity index (χ4n) is 4.22. The smallest absolute Gasteiger partial charge is 0.123 e. The summed E-state index contributed by atoms with van der Waals surface area (Å²) in [5.74, 6) is 0.182. The van der Waals surface area contributed by atoms with Crippen molar-refractivity contribution >= 4 is 12.4 Å². The SMILES string of the molecule is C[C@]12Cc3cnn(-c4ccc(F)cc4)c3C=C1CCC2CC=O. The molecule has 1 aromatic carbocycles. The van der Waals surface area contributed by atoms with E-state index < -0.39 is 0 Å². The van der Waals surface area contributed by atoms with E-state index in [1.54, 1.807) is 12.1 Å². The highest BCUT2D eigenvalue weighted by Gasteiger charge is 2.45. The molecule has 1 fully saturated rings. The lowest BCUT2D eigenvalue weighted by Gasteiger charge is -2.35. The Morgan fingerprint density at radius 2 is 2.17 bits per heavy atom. The van der Waals surface area contributed by atoms with E-state index in [-0.39, 0.29) is 11.2 Å². The lowest BCUT2D eigenvalue weighted by Crippen LogP contribution is -2.29. The van der Waals surface area contributed by atoms with Gasteiger partial charge in [-0.05, 0) is 66.5 Å². The van der Waals surface area contributed by atoms with E-state index in [1.165, 1.54) is 23.3 Å². The van der Waals surface area contributed by atoms with Crippen LogP contribution in [0.5, 0.6) is 0 Å². The van der Waals surface area contributed by atoms with Gasteiger partial charge < -0.3 is 4.79 Å². The molecule has 0 N–H and O–H groups in total. The third-order valence-electron chi connectivity index (χ3n) is 5.60. The van der Waals surface area contributed by atoms with Crippen LogP contribution in [0.4, 0.5) is 4.39 Å². The maximum absolute atomic E-state index is 13.1. The summed E-state index contributed by atoms with van der Waals surface area (Å²) < 4.78 is 15.0. The van der Waals surface area contributed by atoms with Crippen molar-refractivity contribution in [1.29, 1.82) is 0 Å². The van der Waals surface area contributed by atoms with E-state index in [1.807, 2.05) is 10.9 Å². The minimum atomic E-state index is -0.242. The quantitative estimate of drug-likeness (QED) is 0.804. The van der Waals surface area contributed by atoms with Crippen LogP contribution in [0.25, 0.3) is 11.8 Å². The van der Waals surface area contributed by atoms with Gasteiger partial charge in [0.15, 0.2) is 0 Å². The summed E-state index contributed by atoms with van der Waals surface area (Å²) in [6.07, 6.45) is 8.88. The molecule has 2 aliphatic carbocycles. The zero-order chi connectivity index (χ0) is 16.0. The molecule has 0 amide bonds. The maximum Gasteiger partial charge on any atom is 0.123 e. The van der Waals surface area contributed by atoms with Gasteiger partial charge >= 0.3 is 0 Å². The zero-order valence-electron chi connectivity index (χ0n) is 13.1. The van der Waals surface area contributed by atoms with E-state index in [0.29, 0.717) is 12.3 Å². The van der Waals surface area contributed by atoms with Crippen LogP contribution in [0, 0.1) is 17.2 Å². The lowest BCUT2D eigenvalue weighted by atomic mass is 9.69. The first-order valence-corrected chi connectivity index (χ1v) is 8.09. The van der Waals surface area contributed by atoms with Crippen LogP contribution in [-0.4, -0.2) is 16.1 Å². The summed E-state index contributed by atoms with van der Waals surface area (Å²) in [6.45, 7) is 2.28. The van der Waals surface area contributed by atoms with Crippen LogP contribution in [0.3, 0.4) is 0 Å². The maximum atomic E-state index is 13.1. The first-order chi connectivity index (χ1) is 11.1. The number of halogens is 1. The van der Waals surface area contributed by atoms with Crippen LogP contribution in [0.15, 0.2) is 36.0 Å². The van der Waals surface area contributed by atoms with Crippen molar-refractivity contribution in [1.82, 2.24) is 9.78 Å². The van der Waals surface area contributed by atoms with Crippen molar-refractivity contribution in [3.05, 3.63) is 53.1 Å². The second-order valence-electron chi connectivity index (χ2n) is 6.85. The van der Waals surface area contributed by atoms with Crippen molar-refractivity contribution in [2.24, 2.45) is 11.3 Å². The summed E-state index contributed by atoms with van der Waals surface area (Å²) in [5, 5.41) is 4.51. The summed E-state index contributed by atoms with van der Waals surface area (Å²) >= 11 is 0. The molecular formula is C19H19FN2O. The lowest BCUT2D eigenvalue weighted by molar-refractivity contribution is -0.109. The third kappa shape index (κ3) is 2.16. The average molecular weight is 310 g/mol. The molecule has 0 radical (unpaired) electrons. The Bertz CT molecular complexity index is 790. The van der Waals surface area contributed by atoms with Crippen molar-refractivity contribution in [3.8, 4) is 5.69 Å². The van der Waals surface area contributed by atoms with Gasteiger partial charge in [0.25, 0.3) is 0 Å². The topological polar surface area (TPSA) is 34.9 Å². The van der Waals surface area contributed by atoms with E-state index in [0.717, 1.165) is 36.9 Å². The Morgan fingerprint density at radius 3 is 2.91 bits per heavy atom. The Kier molecular flexibility index (Phi) is 3.22. The van der Waals surface area contributed by atoms with Crippen LogP contribution < -0.4 is 0 Å². The van der Waals surface area contributed by atoms with Crippen molar-refractivity contribution in [3.63, 3.8) is 0 Å². The average Bonchev–Trinajstić information content (AvgIpc) is 3.07. The largest absolute Gasteiger partial charge is 0.303 e. The Labute approximate surface area is 134 Å². The second kappa shape index (κ2) is 5.15. The van der Waals surface area contributed by atoms with Crippen LogP contribution >= 0.6 is 0 Å². The summed E-state index contributed by atoms with van der Waals surface area (Å²) in [7, 11) is 0. The molecule has 1 aromatic heterocycles. The molecule has 3 nitrogen and oxygen atoms in total. The fraction of sp³-hybridized carbons (Fsp3) is 0.368. The molecule has 4 heteroatoms. The van der Waals surface area contributed by atoms with E-state index in [4.69, 9.17) is 0 Å². The van der Waals surface area contributed by atoms with Gasteiger partial charge in [-0.1, -0.05) is 12.5 Å². The van der Waals surface area contributed by atoms with E-state index in [2.05, 4.69) is 18.1 Å². The molecule has 1 unspecified atom stereocenters. The second-order valence-corrected chi connectivity index (χ2v) is 6.85. The van der Waals surface area contributed by atoms with Gasteiger partial charge in [-0.2, -0.15) is 5.10 Å². The number of carbonyl (C=O) groups is 1. The molecule has 0 aliphatic heterocycles. The van der Waals surface area contributed by atoms with Crippen molar-refractivity contribution < 1.29 is 9.18 Å². The predicted octanol–water partition coefficient (Wildman–Crippen LogP) is 3.96. The summed E-state index contributed by atoms with van der Waals surface area (Å²) in [6, 6.07) is 6.41. The number of benzene rings is 1. The highest BCUT2D eigenvalue weighted by atomic mass is 19.1. The zero-order valence-corrected chi connectivity index (χ0v) is 13.1. The number of hydrogen-bond acceptors (Lipinski definition) is 2. The highest BCUT2D eigenvalue weighted by molar-refractivity contribution is 5.62. The number of hydrogen-bond donors (Lipinski definition) is 0. The molecule has 118 valence electrons. The molecule has 2 atom stereocenters. The van der Waals surface area contributed by atoms with Crippen LogP contribution in [0.1, 0.15) is 37.4 Å². The van der Waals surface area contributed by atoms with Gasteiger partial charge in [0.1, 0.15) is 12.1 Å². The first-order valence-electron chi connectivity index (χ1n) is 8.09. The van der Waals surface area contributed by atoms with Gasteiger partial charge in [0.2, 0.25) is 0 Å². The van der Waals surface area contributed by atoms with Gasteiger partial charge in [0, 0.05) is 6.42 Å². The molecule has 2 aromatic rings. The minimum absolute atomic E-state index is 0.0740. The van der Waals surface area contributed by atoms with Gasteiger partial charge in [-0.25, -0.2) is 9.07 Å². The summed E-state index contributed by atoms with van der Waals surface area (Å²) in [5.41, 5.74) is 4.66. The Hall–Kier alpha value is -2.23. The molecule has 1 saturated carbocycles. The molecule has 4 rings (SSSR count). The van der Waals surface area contributed by atoms with Gasteiger partial charge in [0.05, 0.1) is 17.6 Å². The number of aromatic nitrogens is 2. The number of aldehydes is 1. The number of rotatable bonds is 3. The Morgan fingerprint density at radius 1 is 1.39 bits per heavy atom. The third-order valence-corrected chi connectivity index (χ3v) is 5.60. The van der Waals surface area contributed by atoms with Gasteiger partial charge in [-0.3, -0.25) is 0 Å². The highest BCUT2D eigenvalue weighted by Crippen LogP contribution is 2.53. The molecule has 0 spiro atoms. The normalized spacial score (nSPS) is 25.7.